The first kappa shape index (κ1) is 14.2. The van der Waals surface area contributed by atoms with Crippen molar-refractivity contribution in [3.8, 4) is 0 Å². The summed E-state index contributed by atoms with van der Waals surface area (Å²) < 4.78 is 2.64. The highest BCUT2D eigenvalue weighted by atomic mass is 127. The second kappa shape index (κ2) is 6.29. The monoisotopic (exact) mass is 433 g/mol. The highest BCUT2D eigenvalue weighted by molar-refractivity contribution is 14.1. The van der Waals surface area contributed by atoms with Crippen molar-refractivity contribution in [1.82, 2.24) is 9.78 Å². The largest absolute Gasteiger partial charge is 0.323 e. The van der Waals surface area contributed by atoms with Crippen LogP contribution < -0.4 is 10.9 Å². The Hall–Kier alpha value is -1.22. The SMILES string of the molecule is O=C(Cn1ncc(I)cc1=O)Nc1ccccc1Br. The number of anilines is 1. The molecule has 0 saturated heterocycles. The maximum atomic E-state index is 11.8. The highest BCUT2D eigenvalue weighted by Crippen LogP contribution is 2.20. The Morgan fingerprint density at radius 3 is 2.84 bits per heavy atom. The summed E-state index contributed by atoms with van der Waals surface area (Å²) in [6, 6.07) is 8.69. The first-order valence-electron chi connectivity index (χ1n) is 5.33. The lowest BCUT2D eigenvalue weighted by molar-refractivity contribution is -0.117. The molecular weight excluding hydrogens is 425 g/mol. The van der Waals surface area contributed by atoms with Crippen LogP contribution >= 0.6 is 38.5 Å². The van der Waals surface area contributed by atoms with Crippen molar-refractivity contribution in [3.05, 3.63) is 54.9 Å². The minimum absolute atomic E-state index is 0.114. The van der Waals surface area contributed by atoms with Gasteiger partial charge in [-0.25, -0.2) is 4.68 Å². The molecule has 19 heavy (non-hydrogen) atoms. The molecule has 7 heteroatoms. The van der Waals surface area contributed by atoms with E-state index in [1.807, 2.05) is 40.8 Å². The number of carbonyl (C=O) groups is 1. The van der Waals surface area contributed by atoms with Gasteiger partial charge >= 0.3 is 0 Å². The van der Waals surface area contributed by atoms with Crippen LogP contribution in [0.2, 0.25) is 0 Å². The molecule has 0 radical (unpaired) electrons. The van der Waals surface area contributed by atoms with Gasteiger partial charge in [0.2, 0.25) is 5.91 Å². The summed E-state index contributed by atoms with van der Waals surface area (Å²) in [4.78, 5) is 23.4. The summed E-state index contributed by atoms with van der Waals surface area (Å²) in [6.07, 6.45) is 1.54. The Labute approximate surface area is 131 Å². The number of hydrogen-bond donors (Lipinski definition) is 1. The Morgan fingerprint density at radius 1 is 1.42 bits per heavy atom. The standard InChI is InChI=1S/C12H9BrIN3O2/c13-9-3-1-2-4-10(9)16-11(18)7-17-12(19)5-8(14)6-15-17/h1-6H,7H2,(H,16,18). The van der Waals surface area contributed by atoms with E-state index in [-0.39, 0.29) is 18.0 Å². The van der Waals surface area contributed by atoms with Crippen molar-refractivity contribution >= 4 is 50.1 Å². The molecule has 0 unspecified atom stereocenters. The van der Waals surface area contributed by atoms with Gasteiger partial charge in [-0.2, -0.15) is 5.10 Å². The fraction of sp³-hybridized carbons (Fsp3) is 0.0833. The fourth-order valence-corrected chi connectivity index (χ4v) is 2.19. The van der Waals surface area contributed by atoms with Crippen LogP contribution in [-0.2, 0) is 11.3 Å². The van der Waals surface area contributed by atoms with Crippen molar-refractivity contribution in [2.24, 2.45) is 0 Å². The number of benzene rings is 1. The first-order valence-corrected chi connectivity index (χ1v) is 7.20. The Balaban J connectivity index is 2.10. The Bertz CT molecular complexity index is 672. The van der Waals surface area contributed by atoms with Crippen LogP contribution in [0, 0.1) is 3.57 Å². The number of rotatable bonds is 3. The van der Waals surface area contributed by atoms with Crippen LogP contribution in [-0.4, -0.2) is 15.7 Å². The molecule has 1 aromatic carbocycles. The van der Waals surface area contributed by atoms with Gasteiger partial charge in [-0.3, -0.25) is 9.59 Å². The summed E-state index contributed by atoms with van der Waals surface area (Å²) in [5.41, 5.74) is 0.361. The van der Waals surface area contributed by atoms with Gasteiger partial charge in [0.25, 0.3) is 5.56 Å². The Morgan fingerprint density at radius 2 is 2.16 bits per heavy atom. The third-order valence-corrected chi connectivity index (χ3v) is 3.56. The van der Waals surface area contributed by atoms with Gasteiger partial charge in [0.15, 0.2) is 0 Å². The lowest BCUT2D eigenvalue weighted by atomic mass is 10.3. The second-order valence-electron chi connectivity index (χ2n) is 3.70. The van der Waals surface area contributed by atoms with Crippen LogP contribution in [0.3, 0.4) is 0 Å². The van der Waals surface area contributed by atoms with E-state index in [9.17, 15) is 9.59 Å². The van der Waals surface area contributed by atoms with Crippen molar-refractivity contribution in [2.75, 3.05) is 5.32 Å². The van der Waals surface area contributed by atoms with E-state index < -0.39 is 0 Å². The zero-order valence-corrected chi connectivity index (χ0v) is 13.4. The van der Waals surface area contributed by atoms with Crippen LogP contribution in [0.1, 0.15) is 0 Å². The number of halogens is 2. The van der Waals surface area contributed by atoms with E-state index in [1.165, 1.54) is 12.3 Å². The molecule has 2 aromatic rings. The van der Waals surface area contributed by atoms with Gasteiger partial charge in [0.05, 0.1) is 11.9 Å². The third kappa shape index (κ3) is 3.87. The molecule has 0 bridgehead atoms. The maximum Gasteiger partial charge on any atom is 0.268 e. The predicted molar refractivity (Wildman–Crippen MR) is 84.0 cm³/mol. The average molecular weight is 434 g/mol. The summed E-state index contributed by atoms with van der Waals surface area (Å²) >= 11 is 5.33. The highest BCUT2D eigenvalue weighted by Gasteiger charge is 2.07. The lowest BCUT2D eigenvalue weighted by Crippen LogP contribution is -2.29. The number of carbonyl (C=O) groups excluding carboxylic acids is 1. The van der Waals surface area contributed by atoms with Crippen LogP contribution in [0.5, 0.6) is 0 Å². The first-order chi connectivity index (χ1) is 9.06. The number of aromatic nitrogens is 2. The van der Waals surface area contributed by atoms with Gasteiger partial charge in [0, 0.05) is 14.1 Å². The van der Waals surface area contributed by atoms with Crippen molar-refractivity contribution < 1.29 is 4.79 Å². The summed E-state index contributed by atoms with van der Waals surface area (Å²) in [5.74, 6) is -0.303. The number of hydrogen-bond acceptors (Lipinski definition) is 3. The molecule has 1 aromatic heterocycles. The molecule has 1 amide bonds. The number of amides is 1. The topological polar surface area (TPSA) is 64.0 Å². The van der Waals surface area contributed by atoms with Crippen molar-refractivity contribution in [3.63, 3.8) is 0 Å². The van der Waals surface area contributed by atoms with E-state index in [2.05, 4.69) is 26.3 Å². The minimum Gasteiger partial charge on any atom is -0.323 e. The number of nitrogens with zero attached hydrogens (tertiary/aromatic N) is 2. The van der Waals surface area contributed by atoms with Gasteiger partial charge in [-0.05, 0) is 50.7 Å². The van der Waals surface area contributed by atoms with Gasteiger partial charge < -0.3 is 5.32 Å². The summed E-state index contributed by atoms with van der Waals surface area (Å²) in [7, 11) is 0. The maximum absolute atomic E-state index is 11.8. The molecule has 1 heterocycles. The lowest BCUT2D eigenvalue weighted by Gasteiger charge is -2.07. The van der Waals surface area contributed by atoms with Crippen LogP contribution in [0.25, 0.3) is 0 Å². The van der Waals surface area contributed by atoms with Crippen molar-refractivity contribution in [1.29, 1.82) is 0 Å². The zero-order chi connectivity index (χ0) is 13.8. The molecule has 5 nitrogen and oxygen atoms in total. The van der Waals surface area contributed by atoms with Gasteiger partial charge in [0.1, 0.15) is 6.54 Å². The normalized spacial score (nSPS) is 10.2. The van der Waals surface area contributed by atoms with E-state index in [0.717, 1.165) is 12.7 Å². The molecule has 0 fully saturated rings. The van der Waals surface area contributed by atoms with E-state index in [0.29, 0.717) is 5.69 Å². The molecule has 0 aliphatic rings. The van der Waals surface area contributed by atoms with Crippen LogP contribution in [0.15, 0.2) is 45.8 Å². The molecule has 0 atom stereocenters. The molecule has 0 aliphatic carbocycles. The summed E-state index contributed by atoms with van der Waals surface area (Å²) in [6.45, 7) is -0.114. The fourth-order valence-electron chi connectivity index (χ4n) is 1.42. The minimum atomic E-state index is -0.303. The average Bonchev–Trinajstić information content (AvgIpc) is 2.36. The molecule has 0 saturated carbocycles. The second-order valence-corrected chi connectivity index (χ2v) is 5.80. The molecule has 98 valence electrons. The Kier molecular flexibility index (Phi) is 4.70. The molecule has 2 rings (SSSR count). The van der Waals surface area contributed by atoms with E-state index >= 15 is 0 Å². The van der Waals surface area contributed by atoms with E-state index in [1.54, 1.807) is 6.07 Å². The third-order valence-electron chi connectivity index (χ3n) is 2.28. The smallest absolute Gasteiger partial charge is 0.268 e. The summed E-state index contributed by atoms with van der Waals surface area (Å²) in [5, 5.41) is 6.62. The quantitative estimate of drug-likeness (QED) is 0.755. The molecule has 0 spiro atoms. The van der Waals surface area contributed by atoms with Gasteiger partial charge in [-0.15, -0.1) is 0 Å². The number of para-hydroxylation sites is 1. The molecule has 0 aliphatic heterocycles. The van der Waals surface area contributed by atoms with Crippen LogP contribution in [0.4, 0.5) is 5.69 Å². The number of nitrogens with one attached hydrogen (secondary N) is 1. The molecule has 1 N–H and O–H groups in total. The molecular formula is C12H9BrIN3O2. The van der Waals surface area contributed by atoms with Crippen molar-refractivity contribution in [2.45, 2.75) is 6.54 Å². The van der Waals surface area contributed by atoms with Gasteiger partial charge in [-0.1, -0.05) is 12.1 Å². The predicted octanol–water partition coefficient (Wildman–Crippen LogP) is 2.25. The van der Waals surface area contributed by atoms with E-state index in [4.69, 9.17) is 0 Å². The zero-order valence-electron chi connectivity index (χ0n) is 9.64.